The van der Waals surface area contributed by atoms with Crippen molar-refractivity contribution in [3.05, 3.63) is 57.0 Å². The lowest BCUT2D eigenvalue weighted by molar-refractivity contribution is 0.102. The van der Waals surface area contributed by atoms with Gasteiger partial charge in [-0.05, 0) is 32.9 Å². The molecule has 2 aromatic heterocycles. The van der Waals surface area contributed by atoms with Gasteiger partial charge in [0.2, 0.25) is 5.95 Å². The van der Waals surface area contributed by atoms with Crippen molar-refractivity contribution in [3.8, 4) is 0 Å². The third-order valence-electron chi connectivity index (χ3n) is 3.48. The van der Waals surface area contributed by atoms with Crippen LogP contribution in [0.3, 0.4) is 0 Å². The van der Waals surface area contributed by atoms with Gasteiger partial charge < -0.3 is 0 Å². The number of aryl methyl sites for hydroxylation is 2. The third kappa shape index (κ3) is 2.37. The number of nitrogens with zero attached hydrogens (tertiary/aromatic N) is 3. The van der Waals surface area contributed by atoms with Crippen molar-refractivity contribution in [1.82, 2.24) is 19.6 Å². The van der Waals surface area contributed by atoms with Crippen LogP contribution in [0.5, 0.6) is 0 Å². The zero-order chi connectivity index (χ0) is 15.9. The molecule has 0 aliphatic heterocycles. The maximum absolute atomic E-state index is 12.2. The Morgan fingerprint density at radius 1 is 1.23 bits per heavy atom. The van der Waals surface area contributed by atoms with Crippen molar-refractivity contribution >= 4 is 17.6 Å². The summed E-state index contributed by atoms with van der Waals surface area (Å²) < 4.78 is 1.22. The number of H-pyrrole nitrogens is 1. The predicted molar refractivity (Wildman–Crippen MR) is 82.2 cm³/mol. The SMILES string of the molecule is Cc1cccc(C(=O)Nc2nc3nc(C)c(C)c(=O)n3[nH]2)c1. The third-order valence-corrected chi connectivity index (χ3v) is 3.48. The second-order valence-corrected chi connectivity index (χ2v) is 5.16. The molecular weight excluding hydrogens is 282 g/mol. The van der Waals surface area contributed by atoms with Gasteiger partial charge in [0.05, 0.1) is 0 Å². The van der Waals surface area contributed by atoms with Gasteiger partial charge in [-0.2, -0.15) is 9.50 Å². The van der Waals surface area contributed by atoms with Gasteiger partial charge in [0.25, 0.3) is 17.2 Å². The molecule has 7 nitrogen and oxygen atoms in total. The average Bonchev–Trinajstić information content (AvgIpc) is 2.87. The summed E-state index contributed by atoms with van der Waals surface area (Å²) in [6.07, 6.45) is 0. The minimum absolute atomic E-state index is 0.182. The fraction of sp³-hybridized carbons (Fsp3) is 0.200. The first-order valence-electron chi connectivity index (χ1n) is 6.79. The van der Waals surface area contributed by atoms with Gasteiger partial charge >= 0.3 is 0 Å². The van der Waals surface area contributed by atoms with Crippen LogP contribution in [0.1, 0.15) is 27.2 Å². The minimum atomic E-state index is -0.302. The maximum atomic E-state index is 12.2. The molecule has 7 heteroatoms. The van der Waals surface area contributed by atoms with Crippen molar-refractivity contribution < 1.29 is 4.79 Å². The first kappa shape index (κ1) is 14.0. The van der Waals surface area contributed by atoms with Gasteiger partial charge in [0, 0.05) is 16.8 Å². The zero-order valence-corrected chi connectivity index (χ0v) is 12.5. The van der Waals surface area contributed by atoms with Crippen LogP contribution < -0.4 is 10.9 Å². The number of amides is 1. The molecule has 0 bridgehead atoms. The van der Waals surface area contributed by atoms with Crippen molar-refractivity contribution in [2.75, 3.05) is 5.32 Å². The Kier molecular flexibility index (Phi) is 3.25. The van der Waals surface area contributed by atoms with Gasteiger partial charge in [-0.1, -0.05) is 17.7 Å². The van der Waals surface area contributed by atoms with E-state index < -0.39 is 0 Å². The topological polar surface area (TPSA) is 92.2 Å². The van der Waals surface area contributed by atoms with Crippen LogP contribution in [0.2, 0.25) is 0 Å². The number of carbonyl (C=O) groups is 1. The average molecular weight is 297 g/mol. The first-order chi connectivity index (χ1) is 10.5. The summed E-state index contributed by atoms with van der Waals surface area (Å²) in [4.78, 5) is 32.6. The van der Waals surface area contributed by atoms with Crippen LogP contribution in [0.15, 0.2) is 29.1 Å². The molecule has 0 saturated heterocycles. The fourth-order valence-corrected chi connectivity index (χ4v) is 2.13. The van der Waals surface area contributed by atoms with Gasteiger partial charge in [0.15, 0.2) is 0 Å². The number of nitrogens with one attached hydrogen (secondary N) is 2. The highest BCUT2D eigenvalue weighted by Gasteiger charge is 2.13. The Balaban J connectivity index is 1.96. The van der Waals surface area contributed by atoms with Crippen molar-refractivity contribution in [2.24, 2.45) is 0 Å². The number of anilines is 1. The summed E-state index contributed by atoms with van der Waals surface area (Å²) >= 11 is 0. The van der Waals surface area contributed by atoms with Crippen molar-refractivity contribution in [1.29, 1.82) is 0 Å². The summed E-state index contributed by atoms with van der Waals surface area (Å²) in [6.45, 7) is 5.35. The van der Waals surface area contributed by atoms with Crippen molar-refractivity contribution in [3.63, 3.8) is 0 Å². The summed E-state index contributed by atoms with van der Waals surface area (Å²) in [6, 6.07) is 7.20. The van der Waals surface area contributed by atoms with Crippen LogP contribution in [0.25, 0.3) is 5.78 Å². The Morgan fingerprint density at radius 3 is 2.73 bits per heavy atom. The van der Waals surface area contributed by atoms with E-state index in [0.29, 0.717) is 16.8 Å². The van der Waals surface area contributed by atoms with E-state index in [0.717, 1.165) is 5.56 Å². The number of aromatic amines is 1. The monoisotopic (exact) mass is 297 g/mol. The molecule has 0 fully saturated rings. The fourth-order valence-electron chi connectivity index (χ4n) is 2.13. The predicted octanol–water partition coefficient (Wildman–Crippen LogP) is 1.60. The number of hydrogen-bond acceptors (Lipinski definition) is 4. The Hall–Kier alpha value is -2.96. The van der Waals surface area contributed by atoms with Gasteiger partial charge in [-0.15, -0.1) is 0 Å². The standard InChI is InChI=1S/C15H15N5O2/c1-8-5-4-6-11(7-8)12(21)17-14-18-15-16-10(3)9(2)13(22)20(15)19-14/h4-7H,1-3H3,(H2,16,17,18,19,21). The number of fused-ring (bicyclic) bond motifs is 1. The Bertz CT molecular complexity index is 939. The highest BCUT2D eigenvalue weighted by atomic mass is 16.2. The lowest BCUT2D eigenvalue weighted by Gasteiger charge is -2.02. The summed E-state index contributed by atoms with van der Waals surface area (Å²) in [5, 5.41) is 5.38. The van der Waals surface area contributed by atoms with Gasteiger partial charge in [-0.25, -0.2) is 4.98 Å². The molecule has 0 saturated carbocycles. The number of aromatic nitrogens is 4. The molecule has 2 N–H and O–H groups in total. The maximum Gasteiger partial charge on any atom is 0.277 e. The molecule has 2 heterocycles. The van der Waals surface area contributed by atoms with E-state index in [1.54, 1.807) is 26.0 Å². The Labute approximate surface area is 126 Å². The van der Waals surface area contributed by atoms with Crippen LogP contribution in [-0.4, -0.2) is 25.5 Å². The lowest BCUT2D eigenvalue weighted by atomic mass is 10.1. The highest BCUT2D eigenvalue weighted by Crippen LogP contribution is 2.08. The van der Waals surface area contributed by atoms with E-state index in [1.807, 2.05) is 19.1 Å². The molecule has 22 heavy (non-hydrogen) atoms. The molecule has 0 radical (unpaired) electrons. The van der Waals surface area contributed by atoms with E-state index in [4.69, 9.17) is 0 Å². The molecule has 0 aliphatic carbocycles. The molecule has 3 rings (SSSR count). The Morgan fingerprint density at radius 2 is 2.00 bits per heavy atom. The second-order valence-electron chi connectivity index (χ2n) is 5.16. The quantitative estimate of drug-likeness (QED) is 0.751. The second kappa shape index (κ2) is 5.10. The molecule has 112 valence electrons. The number of hydrogen-bond donors (Lipinski definition) is 2. The molecule has 0 aliphatic rings. The molecule has 0 unspecified atom stereocenters. The highest BCUT2D eigenvalue weighted by molar-refractivity contribution is 6.03. The summed E-state index contributed by atoms with van der Waals surface area (Å²) in [7, 11) is 0. The minimum Gasteiger partial charge on any atom is -0.291 e. The van der Waals surface area contributed by atoms with Crippen LogP contribution in [-0.2, 0) is 0 Å². The summed E-state index contributed by atoms with van der Waals surface area (Å²) in [5.41, 5.74) is 2.44. The molecule has 1 amide bonds. The first-order valence-corrected chi connectivity index (χ1v) is 6.79. The van der Waals surface area contributed by atoms with E-state index in [-0.39, 0.29) is 23.2 Å². The molecule has 0 atom stereocenters. The van der Waals surface area contributed by atoms with Crippen LogP contribution in [0.4, 0.5) is 5.95 Å². The normalized spacial score (nSPS) is 10.9. The smallest absolute Gasteiger partial charge is 0.277 e. The molecular formula is C15H15N5O2. The van der Waals surface area contributed by atoms with E-state index in [2.05, 4.69) is 20.4 Å². The molecule has 3 aromatic rings. The zero-order valence-electron chi connectivity index (χ0n) is 12.5. The number of benzene rings is 1. The number of rotatable bonds is 2. The van der Waals surface area contributed by atoms with E-state index >= 15 is 0 Å². The summed E-state index contributed by atoms with van der Waals surface area (Å²) in [5.74, 6) is 0.109. The molecule has 0 spiro atoms. The lowest BCUT2D eigenvalue weighted by Crippen LogP contribution is -2.19. The largest absolute Gasteiger partial charge is 0.291 e. The van der Waals surface area contributed by atoms with Gasteiger partial charge in [0.1, 0.15) is 0 Å². The van der Waals surface area contributed by atoms with E-state index in [9.17, 15) is 9.59 Å². The van der Waals surface area contributed by atoms with E-state index in [1.165, 1.54) is 4.52 Å². The van der Waals surface area contributed by atoms with Crippen molar-refractivity contribution in [2.45, 2.75) is 20.8 Å². The van der Waals surface area contributed by atoms with Crippen LogP contribution >= 0.6 is 0 Å². The number of carbonyl (C=O) groups excluding carboxylic acids is 1. The van der Waals surface area contributed by atoms with Crippen LogP contribution in [0, 0.1) is 20.8 Å². The van der Waals surface area contributed by atoms with Gasteiger partial charge in [-0.3, -0.25) is 20.0 Å². The molecule has 1 aromatic carbocycles.